The summed E-state index contributed by atoms with van der Waals surface area (Å²) in [5, 5.41) is 6.67. The van der Waals surface area contributed by atoms with Gasteiger partial charge in [-0.1, -0.05) is 6.92 Å². The van der Waals surface area contributed by atoms with Crippen molar-refractivity contribution < 1.29 is 0 Å². The van der Waals surface area contributed by atoms with E-state index in [1.807, 2.05) is 18.8 Å². The van der Waals surface area contributed by atoms with Gasteiger partial charge in [0, 0.05) is 25.1 Å². The van der Waals surface area contributed by atoms with Crippen LogP contribution >= 0.6 is 11.8 Å². The molecule has 1 atom stereocenters. The Kier molecular flexibility index (Phi) is 6.99. The molecule has 0 aromatic carbocycles. The Balaban J connectivity index is 2.88. The summed E-state index contributed by atoms with van der Waals surface area (Å²) in [5.74, 6) is 3.98. The van der Waals surface area contributed by atoms with Gasteiger partial charge in [0.25, 0.3) is 0 Å². The van der Waals surface area contributed by atoms with Gasteiger partial charge in [0.05, 0.1) is 0 Å². The van der Waals surface area contributed by atoms with E-state index in [0.717, 1.165) is 42.3 Å². The van der Waals surface area contributed by atoms with Gasteiger partial charge in [0.1, 0.15) is 17.5 Å². The SMILES string of the molecule is CCCc1nc(NC)c(C)c(NC(C)CCSC)n1. The molecule has 108 valence electrons. The highest BCUT2D eigenvalue weighted by Gasteiger charge is 2.11. The number of nitrogens with zero attached hydrogens (tertiary/aromatic N) is 2. The molecule has 19 heavy (non-hydrogen) atoms. The molecule has 0 spiro atoms. The summed E-state index contributed by atoms with van der Waals surface area (Å²) in [6.45, 7) is 6.41. The van der Waals surface area contributed by atoms with Gasteiger partial charge in [-0.05, 0) is 38.7 Å². The van der Waals surface area contributed by atoms with Crippen LogP contribution in [0, 0.1) is 6.92 Å². The normalized spacial score (nSPS) is 12.3. The van der Waals surface area contributed by atoms with Gasteiger partial charge in [0.15, 0.2) is 0 Å². The summed E-state index contributed by atoms with van der Waals surface area (Å²) < 4.78 is 0. The molecule has 0 aliphatic rings. The standard InChI is InChI=1S/C14H26N4S/c1-6-7-12-17-13(15-4)11(3)14(18-12)16-10(2)8-9-19-5/h10H,6-9H2,1-5H3,(H2,15,16,17,18). The second kappa shape index (κ2) is 8.25. The van der Waals surface area contributed by atoms with Gasteiger partial charge in [-0.25, -0.2) is 9.97 Å². The monoisotopic (exact) mass is 282 g/mol. The van der Waals surface area contributed by atoms with E-state index >= 15 is 0 Å². The van der Waals surface area contributed by atoms with Gasteiger partial charge in [0.2, 0.25) is 0 Å². The average Bonchev–Trinajstić information content (AvgIpc) is 2.40. The molecule has 0 saturated carbocycles. The Morgan fingerprint density at radius 3 is 2.53 bits per heavy atom. The molecule has 5 heteroatoms. The third-order valence-corrected chi connectivity index (χ3v) is 3.68. The second-order valence-electron chi connectivity index (χ2n) is 4.79. The average molecular weight is 282 g/mol. The van der Waals surface area contributed by atoms with Gasteiger partial charge in [-0.2, -0.15) is 11.8 Å². The quantitative estimate of drug-likeness (QED) is 0.766. The van der Waals surface area contributed by atoms with Crippen LogP contribution in [0.2, 0.25) is 0 Å². The first-order valence-corrected chi connectivity index (χ1v) is 8.32. The van der Waals surface area contributed by atoms with Crippen molar-refractivity contribution in [1.82, 2.24) is 9.97 Å². The van der Waals surface area contributed by atoms with Gasteiger partial charge >= 0.3 is 0 Å². The molecule has 0 fully saturated rings. The number of aryl methyl sites for hydroxylation is 1. The summed E-state index contributed by atoms with van der Waals surface area (Å²) in [6, 6.07) is 0.431. The zero-order chi connectivity index (χ0) is 14.3. The topological polar surface area (TPSA) is 49.8 Å². The maximum atomic E-state index is 4.65. The zero-order valence-electron chi connectivity index (χ0n) is 12.7. The number of aromatic nitrogens is 2. The van der Waals surface area contributed by atoms with Crippen LogP contribution in [0.3, 0.4) is 0 Å². The number of hydrogen-bond donors (Lipinski definition) is 2. The van der Waals surface area contributed by atoms with E-state index in [2.05, 4.69) is 47.6 Å². The highest BCUT2D eigenvalue weighted by molar-refractivity contribution is 7.98. The number of nitrogens with one attached hydrogen (secondary N) is 2. The summed E-state index contributed by atoms with van der Waals surface area (Å²) in [4.78, 5) is 9.19. The van der Waals surface area contributed by atoms with Crippen molar-refractivity contribution in [2.45, 2.75) is 46.1 Å². The van der Waals surface area contributed by atoms with Gasteiger partial charge in [-0.15, -0.1) is 0 Å². The van der Waals surface area contributed by atoms with E-state index in [9.17, 15) is 0 Å². The van der Waals surface area contributed by atoms with E-state index in [4.69, 9.17) is 0 Å². The van der Waals surface area contributed by atoms with Crippen LogP contribution in [0.1, 0.15) is 38.1 Å². The van der Waals surface area contributed by atoms with E-state index < -0.39 is 0 Å². The molecular formula is C14H26N4S. The zero-order valence-corrected chi connectivity index (χ0v) is 13.5. The summed E-state index contributed by atoms with van der Waals surface area (Å²) in [6.07, 6.45) is 5.26. The molecule has 1 heterocycles. The molecule has 2 N–H and O–H groups in total. The van der Waals surface area contributed by atoms with E-state index in [1.54, 1.807) is 0 Å². The van der Waals surface area contributed by atoms with E-state index in [-0.39, 0.29) is 0 Å². The number of hydrogen-bond acceptors (Lipinski definition) is 5. The molecule has 0 saturated heterocycles. The molecular weight excluding hydrogens is 256 g/mol. The fraction of sp³-hybridized carbons (Fsp3) is 0.714. The predicted octanol–water partition coefficient (Wildman–Crippen LogP) is 3.33. The minimum Gasteiger partial charge on any atom is -0.373 e. The van der Waals surface area contributed by atoms with Crippen LogP contribution in [-0.2, 0) is 6.42 Å². The lowest BCUT2D eigenvalue weighted by molar-refractivity contribution is 0.757. The van der Waals surface area contributed by atoms with E-state index in [0.29, 0.717) is 6.04 Å². The Bertz CT molecular complexity index is 395. The smallest absolute Gasteiger partial charge is 0.134 e. The first kappa shape index (κ1) is 16.1. The Morgan fingerprint density at radius 1 is 1.26 bits per heavy atom. The minimum absolute atomic E-state index is 0.431. The molecule has 0 aliphatic carbocycles. The number of thioether (sulfide) groups is 1. The lowest BCUT2D eigenvalue weighted by Gasteiger charge is -2.18. The summed E-state index contributed by atoms with van der Waals surface area (Å²) >= 11 is 1.88. The van der Waals surface area contributed by atoms with Crippen LogP contribution < -0.4 is 10.6 Å². The molecule has 1 rings (SSSR count). The lowest BCUT2D eigenvalue weighted by Crippen LogP contribution is -2.19. The van der Waals surface area contributed by atoms with Crippen molar-refractivity contribution in [3.05, 3.63) is 11.4 Å². The van der Waals surface area contributed by atoms with E-state index in [1.165, 1.54) is 5.75 Å². The molecule has 0 aliphatic heterocycles. The van der Waals surface area contributed by atoms with Gasteiger partial charge < -0.3 is 10.6 Å². The third-order valence-electron chi connectivity index (χ3n) is 3.04. The van der Waals surface area contributed by atoms with Crippen molar-refractivity contribution in [3.63, 3.8) is 0 Å². The fourth-order valence-corrected chi connectivity index (χ4v) is 2.47. The second-order valence-corrected chi connectivity index (χ2v) is 5.77. The minimum atomic E-state index is 0.431. The maximum absolute atomic E-state index is 4.65. The molecule has 0 bridgehead atoms. The molecule has 4 nitrogen and oxygen atoms in total. The van der Waals surface area contributed by atoms with Crippen LogP contribution in [0.15, 0.2) is 0 Å². The molecule has 1 aromatic heterocycles. The molecule has 1 aromatic rings. The maximum Gasteiger partial charge on any atom is 0.134 e. The summed E-state index contributed by atoms with van der Waals surface area (Å²) in [5.41, 5.74) is 1.10. The Labute approximate surface area is 121 Å². The van der Waals surface area contributed by atoms with Crippen LogP contribution in [-0.4, -0.2) is 35.1 Å². The lowest BCUT2D eigenvalue weighted by atomic mass is 10.2. The molecule has 1 unspecified atom stereocenters. The first-order chi connectivity index (χ1) is 9.12. The van der Waals surface area contributed by atoms with Crippen molar-refractivity contribution in [3.8, 4) is 0 Å². The highest BCUT2D eigenvalue weighted by atomic mass is 32.2. The van der Waals surface area contributed by atoms with Crippen molar-refractivity contribution in [1.29, 1.82) is 0 Å². The number of anilines is 2. The van der Waals surface area contributed by atoms with Crippen molar-refractivity contribution in [2.24, 2.45) is 0 Å². The highest BCUT2D eigenvalue weighted by Crippen LogP contribution is 2.21. The summed E-state index contributed by atoms with van der Waals surface area (Å²) in [7, 11) is 1.91. The number of rotatable bonds is 8. The van der Waals surface area contributed by atoms with Crippen LogP contribution in [0.25, 0.3) is 0 Å². The first-order valence-electron chi connectivity index (χ1n) is 6.93. The Morgan fingerprint density at radius 2 is 1.95 bits per heavy atom. The van der Waals surface area contributed by atoms with Crippen molar-refractivity contribution in [2.75, 3.05) is 29.7 Å². The molecule has 0 radical (unpaired) electrons. The van der Waals surface area contributed by atoms with Gasteiger partial charge in [-0.3, -0.25) is 0 Å². The fourth-order valence-electron chi connectivity index (χ4n) is 1.88. The van der Waals surface area contributed by atoms with Crippen LogP contribution in [0.5, 0.6) is 0 Å². The molecule has 0 amide bonds. The van der Waals surface area contributed by atoms with Crippen molar-refractivity contribution >= 4 is 23.4 Å². The predicted molar refractivity (Wildman–Crippen MR) is 86.4 cm³/mol. The third kappa shape index (κ3) is 4.90. The van der Waals surface area contributed by atoms with Crippen LogP contribution in [0.4, 0.5) is 11.6 Å². The largest absolute Gasteiger partial charge is 0.373 e. The Hall–Kier alpha value is -0.970.